The molecule has 0 atom stereocenters. The van der Waals surface area contributed by atoms with Gasteiger partial charge in [-0.25, -0.2) is 4.39 Å². The number of rotatable bonds is 5. The molecule has 5 heteroatoms. The van der Waals surface area contributed by atoms with E-state index in [9.17, 15) is 14.5 Å². The summed E-state index contributed by atoms with van der Waals surface area (Å²) in [6.07, 6.45) is 0. The van der Waals surface area contributed by atoms with E-state index in [0.717, 1.165) is 11.6 Å². The molecule has 0 heterocycles. The van der Waals surface area contributed by atoms with Gasteiger partial charge in [-0.05, 0) is 24.6 Å². The number of nitrogens with zero attached hydrogens (tertiary/aromatic N) is 1. The number of hydrogen-bond donors (Lipinski definition) is 1. The first-order valence-electron chi connectivity index (χ1n) is 6.25. The van der Waals surface area contributed by atoms with E-state index in [1.54, 1.807) is 0 Å². The van der Waals surface area contributed by atoms with Crippen molar-refractivity contribution in [2.24, 2.45) is 0 Å². The van der Waals surface area contributed by atoms with Crippen LogP contribution in [0.25, 0.3) is 0 Å². The summed E-state index contributed by atoms with van der Waals surface area (Å²) in [4.78, 5) is 10.4. The Morgan fingerprint density at radius 1 is 1.15 bits per heavy atom. The van der Waals surface area contributed by atoms with E-state index in [2.05, 4.69) is 5.32 Å². The van der Waals surface area contributed by atoms with E-state index in [0.29, 0.717) is 12.1 Å². The standard InChI is InChI=1S/C15H15FN2O2/c1-11-2-4-12(5-3-11)9-17-10-13-8-14(16)6-7-15(13)18(19)20/h2-8,17H,9-10H2,1H3. The molecule has 2 rings (SSSR count). The molecule has 0 radical (unpaired) electrons. The van der Waals surface area contributed by atoms with Crippen LogP contribution in [-0.4, -0.2) is 4.92 Å². The van der Waals surface area contributed by atoms with Crippen molar-refractivity contribution in [2.45, 2.75) is 20.0 Å². The fraction of sp³-hybridized carbons (Fsp3) is 0.200. The Morgan fingerprint density at radius 2 is 1.85 bits per heavy atom. The van der Waals surface area contributed by atoms with Gasteiger partial charge in [0.2, 0.25) is 0 Å². The summed E-state index contributed by atoms with van der Waals surface area (Å²) in [7, 11) is 0. The zero-order valence-electron chi connectivity index (χ0n) is 11.1. The van der Waals surface area contributed by atoms with Crippen LogP contribution in [0.1, 0.15) is 16.7 Å². The first kappa shape index (κ1) is 14.1. The van der Waals surface area contributed by atoms with Crippen molar-refractivity contribution in [3.63, 3.8) is 0 Å². The van der Waals surface area contributed by atoms with E-state index in [4.69, 9.17) is 0 Å². The molecular weight excluding hydrogens is 259 g/mol. The van der Waals surface area contributed by atoms with Gasteiger partial charge in [0.05, 0.1) is 4.92 Å². The van der Waals surface area contributed by atoms with Crippen molar-refractivity contribution in [1.82, 2.24) is 5.32 Å². The van der Waals surface area contributed by atoms with Gasteiger partial charge in [0.1, 0.15) is 5.82 Å². The molecule has 0 aliphatic heterocycles. The van der Waals surface area contributed by atoms with Crippen molar-refractivity contribution in [3.05, 3.63) is 75.1 Å². The summed E-state index contributed by atoms with van der Waals surface area (Å²) in [6.45, 7) is 2.84. The third kappa shape index (κ3) is 3.61. The summed E-state index contributed by atoms with van der Waals surface area (Å²) >= 11 is 0. The highest BCUT2D eigenvalue weighted by Crippen LogP contribution is 2.19. The van der Waals surface area contributed by atoms with Crippen molar-refractivity contribution in [3.8, 4) is 0 Å². The van der Waals surface area contributed by atoms with Crippen molar-refractivity contribution in [1.29, 1.82) is 0 Å². The smallest absolute Gasteiger partial charge is 0.274 e. The molecule has 0 unspecified atom stereocenters. The summed E-state index contributed by atoms with van der Waals surface area (Å²) in [6, 6.07) is 11.5. The third-order valence-corrected chi connectivity index (χ3v) is 3.00. The van der Waals surface area contributed by atoms with Gasteiger partial charge in [-0.15, -0.1) is 0 Å². The maximum Gasteiger partial charge on any atom is 0.274 e. The molecule has 0 fully saturated rings. The Balaban J connectivity index is 2.02. The summed E-state index contributed by atoms with van der Waals surface area (Å²) in [5, 5.41) is 13.9. The minimum atomic E-state index is -0.498. The topological polar surface area (TPSA) is 55.2 Å². The van der Waals surface area contributed by atoms with E-state index >= 15 is 0 Å². The normalized spacial score (nSPS) is 10.5. The minimum absolute atomic E-state index is 0.0668. The van der Waals surface area contributed by atoms with Gasteiger partial charge in [-0.2, -0.15) is 0 Å². The Morgan fingerprint density at radius 3 is 2.50 bits per heavy atom. The number of aryl methyl sites for hydroxylation is 1. The quantitative estimate of drug-likeness (QED) is 0.672. The fourth-order valence-electron chi connectivity index (χ4n) is 1.92. The lowest BCUT2D eigenvalue weighted by atomic mass is 10.1. The SMILES string of the molecule is Cc1ccc(CNCc2cc(F)ccc2[N+](=O)[O-])cc1. The number of nitro benzene ring substituents is 1. The lowest BCUT2D eigenvalue weighted by Gasteiger charge is -2.06. The maximum atomic E-state index is 13.2. The second-order valence-corrected chi connectivity index (χ2v) is 4.62. The Hall–Kier alpha value is -2.27. The zero-order chi connectivity index (χ0) is 14.5. The Labute approximate surface area is 116 Å². The molecule has 0 bridgehead atoms. The van der Waals surface area contributed by atoms with Crippen LogP contribution in [0.4, 0.5) is 10.1 Å². The lowest BCUT2D eigenvalue weighted by molar-refractivity contribution is -0.385. The van der Waals surface area contributed by atoms with E-state index in [1.165, 1.54) is 17.7 Å². The molecule has 4 nitrogen and oxygen atoms in total. The highest BCUT2D eigenvalue weighted by atomic mass is 19.1. The highest BCUT2D eigenvalue weighted by molar-refractivity contribution is 5.40. The first-order valence-corrected chi connectivity index (χ1v) is 6.25. The van der Waals surface area contributed by atoms with Crippen LogP contribution in [0, 0.1) is 22.9 Å². The van der Waals surface area contributed by atoms with Gasteiger partial charge in [0, 0.05) is 24.7 Å². The van der Waals surface area contributed by atoms with Crippen LogP contribution in [0.3, 0.4) is 0 Å². The second-order valence-electron chi connectivity index (χ2n) is 4.62. The summed E-state index contributed by atoms with van der Waals surface area (Å²) in [5.74, 6) is -0.470. The molecule has 2 aromatic carbocycles. The van der Waals surface area contributed by atoms with Crippen LogP contribution >= 0.6 is 0 Å². The number of nitrogens with one attached hydrogen (secondary N) is 1. The zero-order valence-corrected chi connectivity index (χ0v) is 11.1. The molecule has 1 N–H and O–H groups in total. The Bertz CT molecular complexity index is 612. The minimum Gasteiger partial charge on any atom is -0.308 e. The molecule has 0 spiro atoms. The molecule has 0 aliphatic carbocycles. The van der Waals surface area contributed by atoms with Crippen molar-refractivity contribution >= 4 is 5.69 Å². The van der Waals surface area contributed by atoms with Crippen LogP contribution in [0.15, 0.2) is 42.5 Å². The van der Waals surface area contributed by atoms with Gasteiger partial charge in [-0.3, -0.25) is 10.1 Å². The summed E-state index contributed by atoms with van der Waals surface area (Å²) in [5.41, 5.74) is 2.54. The summed E-state index contributed by atoms with van der Waals surface area (Å²) < 4.78 is 13.2. The van der Waals surface area contributed by atoms with E-state index in [-0.39, 0.29) is 12.2 Å². The number of nitro groups is 1. The largest absolute Gasteiger partial charge is 0.308 e. The molecule has 0 aliphatic rings. The predicted octanol–water partition coefficient (Wildman–Crippen LogP) is 3.33. The van der Waals surface area contributed by atoms with Crippen molar-refractivity contribution < 1.29 is 9.31 Å². The van der Waals surface area contributed by atoms with Gasteiger partial charge in [0.15, 0.2) is 0 Å². The van der Waals surface area contributed by atoms with Crippen molar-refractivity contribution in [2.75, 3.05) is 0 Å². The maximum absolute atomic E-state index is 13.2. The number of benzene rings is 2. The van der Waals surface area contributed by atoms with Gasteiger partial charge in [0.25, 0.3) is 5.69 Å². The molecule has 0 saturated carbocycles. The second kappa shape index (κ2) is 6.25. The number of halogens is 1. The molecule has 0 saturated heterocycles. The van der Waals surface area contributed by atoms with E-state index < -0.39 is 10.7 Å². The molecule has 104 valence electrons. The van der Waals surface area contributed by atoms with Crippen LogP contribution in [-0.2, 0) is 13.1 Å². The molecule has 0 amide bonds. The van der Waals surface area contributed by atoms with Gasteiger partial charge < -0.3 is 5.32 Å². The lowest BCUT2D eigenvalue weighted by Crippen LogP contribution is -2.14. The van der Waals surface area contributed by atoms with Crippen LogP contribution < -0.4 is 5.32 Å². The monoisotopic (exact) mass is 274 g/mol. The predicted molar refractivity (Wildman–Crippen MR) is 74.8 cm³/mol. The average Bonchev–Trinajstić information content (AvgIpc) is 2.41. The van der Waals surface area contributed by atoms with Gasteiger partial charge in [-0.1, -0.05) is 29.8 Å². The third-order valence-electron chi connectivity index (χ3n) is 3.00. The average molecular weight is 274 g/mol. The fourth-order valence-corrected chi connectivity index (χ4v) is 1.92. The highest BCUT2D eigenvalue weighted by Gasteiger charge is 2.13. The molecule has 0 aromatic heterocycles. The molecule has 2 aromatic rings. The Kier molecular flexibility index (Phi) is 4.42. The van der Waals surface area contributed by atoms with Crippen LogP contribution in [0.5, 0.6) is 0 Å². The first-order chi connectivity index (χ1) is 9.56. The molecular formula is C15H15FN2O2. The van der Waals surface area contributed by atoms with E-state index in [1.807, 2.05) is 31.2 Å². The number of hydrogen-bond acceptors (Lipinski definition) is 3. The molecule has 20 heavy (non-hydrogen) atoms. The van der Waals surface area contributed by atoms with Gasteiger partial charge >= 0.3 is 0 Å². The van der Waals surface area contributed by atoms with Crippen LogP contribution in [0.2, 0.25) is 0 Å².